The first kappa shape index (κ1) is 32.6. The van der Waals surface area contributed by atoms with E-state index in [1.165, 1.54) is 0 Å². The molecule has 43 heavy (non-hydrogen) atoms. The fourth-order valence-electron chi connectivity index (χ4n) is 6.33. The minimum Gasteiger partial charge on any atom is -0.481 e. The number of benzene rings is 1. The smallest absolute Gasteiger partial charge is 0.305 e. The number of aliphatic imine (C=N–C) groups is 1. The van der Waals surface area contributed by atoms with E-state index in [0.29, 0.717) is 27.8 Å². The second-order valence-corrected chi connectivity index (χ2v) is 14.7. The molecule has 0 radical (unpaired) electrons. The van der Waals surface area contributed by atoms with Gasteiger partial charge in [-0.25, -0.2) is 0 Å². The number of pyridine rings is 1. The van der Waals surface area contributed by atoms with Crippen LogP contribution in [-0.2, 0) is 9.59 Å². The van der Waals surface area contributed by atoms with Crippen molar-refractivity contribution < 1.29 is 19.5 Å². The number of carbonyl (C=O) groups excluding carboxylic acids is 2. The Balaban J connectivity index is 1.72. The van der Waals surface area contributed by atoms with E-state index < -0.39 is 11.6 Å². The first-order chi connectivity index (χ1) is 20.1. The van der Waals surface area contributed by atoms with Gasteiger partial charge in [-0.2, -0.15) is 0 Å². The highest BCUT2D eigenvalue weighted by Gasteiger charge is 2.52. The molecule has 9 heteroatoms. The number of aromatic nitrogens is 1. The average molecular weight is 609 g/mol. The molecule has 2 aromatic rings. The predicted octanol–water partition coefficient (Wildman–Crippen LogP) is 7.07. The Kier molecular flexibility index (Phi) is 9.69. The van der Waals surface area contributed by atoms with Gasteiger partial charge in [0.25, 0.3) is 11.8 Å². The lowest BCUT2D eigenvalue weighted by atomic mass is 9.69. The van der Waals surface area contributed by atoms with Crippen LogP contribution in [-0.4, -0.2) is 50.7 Å². The van der Waals surface area contributed by atoms with Crippen LogP contribution >= 0.6 is 11.6 Å². The average Bonchev–Trinajstić information content (AvgIpc) is 3.19. The molecule has 2 N–H and O–H groups in total. The number of carboxylic acid groups (broad SMARTS) is 1. The van der Waals surface area contributed by atoms with Gasteiger partial charge < -0.3 is 15.3 Å². The van der Waals surface area contributed by atoms with E-state index >= 15 is 0 Å². The molecule has 232 valence electrons. The molecular formula is C34H45ClN4O4. The highest BCUT2D eigenvalue weighted by molar-refractivity contribution is 6.47. The van der Waals surface area contributed by atoms with E-state index in [0.717, 1.165) is 44.1 Å². The zero-order valence-electron chi connectivity index (χ0n) is 26.2. The molecule has 0 bridgehead atoms. The van der Waals surface area contributed by atoms with Gasteiger partial charge in [0.15, 0.2) is 0 Å². The van der Waals surface area contributed by atoms with Gasteiger partial charge in [-0.15, -0.1) is 0 Å². The van der Waals surface area contributed by atoms with Gasteiger partial charge in [-0.05, 0) is 79.0 Å². The van der Waals surface area contributed by atoms with Crippen LogP contribution in [0.1, 0.15) is 114 Å². The second-order valence-electron chi connectivity index (χ2n) is 14.3. The molecular weight excluding hydrogens is 564 g/mol. The monoisotopic (exact) mass is 608 g/mol. The van der Waals surface area contributed by atoms with Crippen molar-refractivity contribution in [2.45, 2.75) is 98.2 Å². The summed E-state index contributed by atoms with van der Waals surface area (Å²) < 4.78 is 0. The Bertz CT molecular complexity index is 1370. The molecule has 1 atom stereocenters. The van der Waals surface area contributed by atoms with Crippen LogP contribution in [0.2, 0.25) is 5.02 Å². The van der Waals surface area contributed by atoms with Gasteiger partial charge in [0.2, 0.25) is 0 Å². The number of carboxylic acids is 1. The molecule has 1 saturated carbocycles. The lowest BCUT2D eigenvalue weighted by molar-refractivity contribution is -0.137. The zero-order valence-corrected chi connectivity index (χ0v) is 27.0. The summed E-state index contributed by atoms with van der Waals surface area (Å²) in [4.78, 5) is 49.5. The standard InChI is InChI=1S/C34H45ClN4O4/c1-32(2,3)15-13-27(22-7-9-23(10-8-22)30(42)37-18-14-28(40)41)39-31(43)29(24-19-26(35)21-36-20-24)38-34(39)16-11-25(12-17-34)33(4,5)6/h7-10,19-21,25,27H,11-18H2,1-6H3,(H,37,42)(H,40,41)/t25?,27-,34?/m1/s1. The molecule has 0 saturated heterocycles. The number of aliphatic carboxylic acids is 1. The third kappa shape index (κ3) is 7.83. The van der Waals surface area contributed by atoms with E-state index in [4.69, 9.17) is 21.7 Å². The molecule has 1 fully saturated rings. The number of hydrogen-bond donors (Lipinski definition) is 2. The largest absolute Gasteiger partial charge is 0.481 e. The van der Waals surface area contributed by atoms with Crippen LogP contribution in [0.4, 0.5) is 0 Å². The molecule has 2 heterocycles. The van der Waals surface area contributed by atoms with Crippen molar-refractivity contribution in [2.24, 2.45) is 21.7 Å². The fraction of sp³-hybridized carbons (Fsp3) is 0.559. The van der Waals surface area contributed by atoms with Crippen LogP contribution < -0.4 is 5.32 Å². The molecule has 0 unspecified atom stereocenters. The van der Waals surface area contributed by atoms with Crippen LogP contribution in [0, 0.1) is 16.7 Å². The maximum absolute atomic E-state index is 14.5. The Hall–Kier alpha value is -3.26. The van der Waals surface area contributed by atoms with E-state index in [2.05, 4.69) is 51.8 Å². The molecule has 8 nitrogen and oxygen atoms in total. The molecule has 4 rings (SSSR count). The lowest BCUT2D eigenvalue weighted by Crippen LogP contribution is -2.51. The highest BCUT2D eigenvalue weighted by atomic mass is 35.5. The molecule has 1 aromatic carbocycles. The van der Waals surface area contributed by atoms with Crippen molar-refractivity contribution in [3.8, 4) is 0 Å². The maximum Gasteiger partial charge on any atom is 0.305 e. The summed E-state index contributed by atoms with van der Waals surface area (Å²) in [6, 6.07) is 8.84. The molecule has 1 aromatic heterocycles. The number of rotatable bonds is 9. The highest BCUT2D eigenvalue weighted by Crippen LogP contribution is 2.50. The topological polar surface area (TPSA) is 112 Å². The molecule has 2 amide bonds. The van der Waals surface area contributed by atoms with Gasteiger partial charge in [0, 0.05) is 30.1 Å². The maximum atomic E-state index is 14.5. The quantitative estimate of drug-likeness (QED) is 0.316. The van der Waals surface area contributed by atoms with Crippen LogP contribution in [0.15, 0.2) is 47.7 Å². The van der Waals surface area contributed by atoms with Crippen molar-refractivity contribution in [3.05, 3.63) is 64.4 Å². The first-order valence-corrected chi connectivity index (χ1v) is 15.6. The van der Waals surface area contributed by atoms with Crippen molar-refractivity contribution in [3.63, 3.8) is 0 Å². The Morgan fingerprint density at radius 2 is 1.74 bits per heavy atom. The van der Waals surface area contributed by atoms with E-state index in [-0.39, 0.29) is 41.7 Å². The minimum atomic E-state index is -0.965. The number of amides is 2. The Morgan fingerprint density at radius 1 is 1.09 bits per heavy atom. The van der Waals surface area contributed by atoms with Crippen molar-refractivity contribution >= 4 is 35.1 Å². The number of halogens is 1. The molecule has 1 aliphatic heterocycles. The van der Waals surface area contributed by atoms with Crippen molar-refractivity contribution in [1.82, 2.24) is 15.2 Å². The van der Waals surface area contributed by atoms with Crippen LogP contribution in [0.5, 0.6) is 0 Å². The normalized spacial score (nSPS) is 21.6. The number of hydrogen-bond acceptors (Lipinski definition) is 5. The zero-order chi connectivity index (χ0) is 31.6. The summed E-state index contributed by atoms with van der Waals surface area (Å²) in [5.74, 6) is -0.873. The summed E-state index contributed by atoms with van der Waals surface area (Å²) in [6.07, 6.45) is 8.18. The number of nitrogens with zero attached hydrogens (tertiary/aromatic N) is 3. The SMILES string of the molecule is CC(C)(C)CC[C@H](c1ccc(C(=O)NCCC(=O)O)cc1)N1C(=O)C(c2cncc(Cl)c2)=NC12CCC(C(C)(C)C)CC2. The van der Waals surface area contributed by atoms with E-state index in [1.807, 2.05) is 17.0 Å². The van der Waals surface area contributed by atoms with Crippen LogP contribution in [0.3, 0.4) is 0 Å². The Morgan fingerprint density at radius 3 is 2.30 bits per heavy atom. The summed E-state index contributed by atoms with van der Waals surface area (Å²) >= 11 is 6.30. The summed E-state index contributed by atoms with van der Waals surface area (Å²) in [7, 11) is 0. The fourth-order valence-corrected chi connectivity index (χ4v) is 6.50. The van der Waals surface area contributed by atoms with Crippen LogP contribution in [0.25, 0.3) is 0 Å². The van der Waals surface area contributed by atoms with E-state index in [1.54, 1.807) is 30.6 Å². The second kappa shape index (κ2) is 12.8. The Labute approximate surface area is 260 Å². The van der Waals surface area contributed by atoms with Gasteiger partial charge in [-0.3, -0.25) is 24.4 Å². The van der Waals surface area contributed by atoms with Crippen molar-refractivity contribution in [2.75, 3.05) is 6.54 Å². The minimum absolute atomic E-state index is 0.0443. The number of carbonyl (C=O) groups is 3. The van der Waals surface area contributed by atoms with Gasteiger partial charge >= 0.3 is 5.97 Å². The lowest BCUT2D eigenvalue weighted by Gasteiger charge is -2.47. The molecule has 1 spiro atoms. The summed E-state index contributed by atoms with van der Waals surface area (Å²) in [6.45, 7) is 13.5. The predicted molar refractivity (Wildman–Crippen MR) is 169 cm³/mol. The molecule has 1 aliphatic carbocycles. The number of nitrogens with one attached hydrogen (secondary N) is 1. The third-order valence-corrected chi connectivity index (χ3v) is 9.05. The van der Waals surface area contributed by atoms with Gasteiger partial charge in [0.1, 0.15) is 11.4 Å². The summed E-state index contributed by atoms with van der Waals surface area (Å²) in [5, 5.41) is 12.0. The third-order valence-electron chi connectivity index (χ3n) is 8.84. The van der Waals surface area contributed by atoms with E-state index in [9.17, 15) is 14.4 Å². The summed E-state index contributed by atoms with van der Waals surface area (Å²) in [5.41, 5.74) is 1.95. The molecule has 2 aliphatic rings. The first-order valence-electron chi connectivity index (χ1n) is 15.2. The van der Waals surface area contributed by atoms with Gasteiger partial charge in [0.05, 0.1) is 17.5 Å². The van der Waals surface area contributed by atoms with Gasteiger partial charge in [-0.1, -0.05) is 65.3 Å². The van der Waals surface area contributed by atoms with Crippen molar-refractivity contribution in [1.29, 1.82) is 0 Å².